The van der Waals surface area contributed by atoms with Gasteiger partial charge in [0, 0.05) is 0 Å². The second kappa shape index (κ2) is 12.9. The van der Waals surface area contributed by atoms with Gasteiger partial charge in [0.05, 0.1) is 0 Å². The van der Waals surface area contributed by atoms with E-state index in [4.69, 9.17) is 0 Å². The topological polar surface area (TPSA) is 0 Å². The maximum atomic E-state index is 2.52. The molecule has 4 aliphatic carbocycles. The normalized spacial score (nSPS) is 35.8. The number of fused-ring (bicyclic) bond motifs is 2. The van der Waals surface area contributed by atoms with E-state index in [1.54, 1.807) is 11.1 Å². The van der Waals surface area contributed by atoms with Crippen LogP contribution in [0.1, 0.15) is 167 Å². The summed E-state index contributed by atoms with van der Waals surface area (Å²) < 4.78 is 0. The van der Waals surface area contributed by atoms with Gasteiger partial charge < -0.3 is 0 Å². The molecule has 6 rings (SSSR count). The van der Waals surface area contributed by atoms with Crippen molar-refractivity contribution in [1.82, 2.24) is 0 Å². The highest BCUT2D eigenvalue weighted by atomic mass is 14.5. The summed E-state index contributed by atoms with van der Waals surface area (Å²) in [4.78, 5) is 0. The van der Waals surface area contributed by atoms with Crippen LogP contribution in [0.15, 0.2) is 48.5 Å². The van der Waals surface area contributed by atoms with Gasteiger partial charge in [0.25, 0.3) is 0 Å². The second-order valence-corrected chi connectivity index (χ2v) is 18.2. The van der Waals surface area contributed by atoms with Gasteiger partial charge in [0.2, 0.25) is 0 Å². The fourth-order valence-corrected chi connectivity index (χ4v) is 11.6. The molecule has 0 heteroatoms. The lowest BCUT2D eigenvalue weighted by Crippen LogP contribution is -2.29. The fraction of sp³-hybridized carbons (Fsp3) is 0.727. The van der Waals surface area contributed by atoms with Gasteiger partial charge in [-0.15, -0.1) is 0 Å². The summed E-state index contributed by atoms with van der Waals surface area (Å²) in [5.74, 6) is 9.24. The molecule has 0 amide bonds. The molecule has 10 atom stereocenters. The van der Waals surface area contributed by atoms with E-state index >= 15 is 0 Å². The van der Waals surface area contributed by atoms with E-state index in [2.05, 4.69) is 104 Å². The molecule has 4 aliphatic rings. The third kappa shape index (κ3) is 6.36. The molecule has 0 aliphatic heterocycles. The first-order valence-electron chi connectivity index (χ1n) is 19.2. The van der Waals surface area contributed by atoms with Crippen molar-refractivity contribution in [1.29, 1.82) is 0 Å². The van der Waals surface area contributed by atoms with Crippen molar-refractivity contribution in [2.24, 2.45) is 47.3 Å². The first kappa shape index (κ1) is 32.4. The van der Waals surface area contributed by atoms with Crippen LogP contribution in [0.5, 0.6) is 0 Å². The monoisotopic (exact) mass is 595 g/mol. The van der Waals surface area contributed by atoms with E-state index in [0.717, 1.165) is 59.2 Å². The Balaban J connectivity index is 1.15. The fourth-order valence-electron chi connectivity index (χ4n) is 11.6. The van der Waals surface area contributed by atoms with E-state index in [1.165, 1.54) is 88.2 Å². The zero-order valence-corrected chi connectivity index (χ0v) is 29.9. The van der Waals surface area contributed by atoms with Gasteiger partial charge in [0.1, 0.15) is 0 Å². The largest absolute Gasteiger partial charge is 0.0651 e. The van der Waals surface area contributed by atoms with Crippen molar-refractivity contribution in [2.75, 3.05) is 0 Å². The van der Waals surface area contributed by atoms with Crippen molar-refractivity contribution in [3.8, 4) is 0 Å². The Kier molecular flexibility index (Phi) is 9.51. The Hall–Kier alpha value is -1.56. The van der Waals surface area contributed by atoms with E-state index in [1.807, 2.05) is 0 Å². The first-order chi connectivity index (χ1) is 21.0. The van der Waals surface area contributed by atoms with Crippen LogP contribution < -0.4 is 0 Å². The Bertz CT molecular complexity index is 1110. The van der Waals surface area contributed by atoms with Crippen molar-refractivity contribution >= 4 is 0 Å². The number of hydrogen-bond donors (Lipinski definition) is 0. The van der Waals surface area contributed by atoms with Crippen LogP contribution in [0.2, 0.25) is 0 Å². The van der Waals surface area contributed by atoms with E-state index < -0.39 is 0 Å². The molecule has 2 aromatic rings. The highest BCUT2D eigenvalue weighted by Crippen LogP contribution is 2.60. The molecule has 2 aromatic carbocycles. The Morgan fingerprint density at radius 2 is 0.864 bits per heavy atom. The first-order valence-corrected chi connectivity index (χ1v) is 19.2. The van der Waals surface area contributed by atoms with Crippen molar-refractivity contribution in [2.45, 2.75) is 155 Å². The molecule has 0 spiro atoms. The predicted molar refractivity (Wildman–Crippen MR) is 190 cm³/mol. The van der Waals surface area contributed by atoms with Gasteiger partial charge in [-0.25, -0.2) is 0 Å². The summed E-state index contributed by atoms with van der Waals surface area (Å²) in [6.07, 6.45) is 17.6. The van der Waals surface area contributed by atoms with Gasteiger partial charge >= 0.3 is 0 Å². The maximum Gasteiger partial charge on any atom is -0.0131 e. The number of benzene rings is 2. The van der Waals surface area contributed by atoms with Crippen LogP contribution in [-0.4, -0.2) is 0 Å². The van der Waals surface area contributed by atoms with Crippen LogP contribution in [0, 0.1) is 47.3 Å². The van der Waals surface area contributed by atoms with Gasteiger partial charge in [-0.3, -0.25) is 0 Å². The van der Waals surface area contributed by atoms with Crippen molar-refractivity contribution in [3.63, 3.8) is 0 Å². The predicted octanol–water partition coefficient (Wildman–Crippen LogP) is 12.9. The molecule has 44 heavy (non-hydrogen) atoms. The summed E-state index contributed by atoms with van der Waals surface area (Å²) in [6.45, 7) is 19.1. The standard InChI is InChI=1S/C44H66/c1-9-29-27-41-35(31-17-21-33(22-18-31)43(3,4)5)13-11-15-39(41)37(29)25-26-38-30(10-2)28-42-36(14-12-16-40(38)42)32-19-23-34(24-20-32)44(6,7)8/h17-24,29-30,35-42H,9-16,25-28H2,1-8H3. The van der Waals surface area contributed by atoms with Crippen molar-refractivity contribution in [3.05, 3.63) is 70.8 Å². The van der Waals surface area contributed by atoms with Gasteiger partial charge in [-0.1, -0.05) is 130 Å². The quantitative estimate of drug-likeness (QED) is 0.299. The van der Waals surface area contributed by atoms with E-state index in [9.17, 15) is 0 Å². The van der Waals surface area contributed by atoms with Crippen LogP contribution in [0.4, 0.5) is 0 Å². The lowest BCUT2D eigenvalue weighted by Gasteiger charge is -2.39. The Morgan fingerprint density at radius 3 is 1.18 bits per heavy atom. The zero-order chi connectivity index (χ0) is 31.2. The molecular formula is C44H66. The SMILES string of the molecule is CCC1CC2C(c3ccc(C(C)(C)C)cc3)CCCC2C1CCC1C(CC)CC2C(c3ccc(C(C)(C)C)cc3)CCCC12. The van der Waals surface area contributed by atoms with Crippen molar-refractivity contribution < 1.29 is 0 Å². The molecule has 0 saturated heterocycles. The van der Waals surface area contributed by atoms with E-state index in [-0.39, 0.29) is 10.8 Å². The lowest BCUT2D eigenvalue weighted by molar-refractivity contribution is 0.148. The summed E-state index contributed by atoms with van der Waals surface area (Å²) >= 11 is 0. The molecule has 0 radical (unpaired) electrons. The van der Waals surface area contributed by atoms with Gasteiger partial charge in [-0.2, -0.15) is 0 Å². The Labute approximate surface area is 272 Å². The highest BCUT2D eigenvalue weighted by Gasteiger charge is 2.50. The second-order valence-electron chi connectivity index (χ2n) is 18.2. The molecule has 0 bridgehead atoms. The van der Waals surface area contributed by atoms with E-state index in [0.29, 0.717) is 0 Å². The maximum absolute atomic E-state index is 2.52. The molecule has 0 heterocycles. The minimum atomic E-state index is 0.240. The summed E-state index contributed by atoms with van der Waals surface area (Å²) in [7, 11) is 0. The third-order valence-electron chi connectivity index (χ3n) is 14.0. The molecule has 242 valence electrons. The van der Waals surface area contributed by atoms with Crippen LogP contribution >= 0.6 is 0 Å². The third-order valence-corrected chi connectivity index (χ3v) is 14.0. The summed E-state index contributed by atoms with van der Waals surface area (Å²) in [5.41, 5.74) is 6.75. The lowest BCUT2D eigenvalue weighted by atomic mass is 9.66. The average molecular weight is 595 g/mol. The van der Waals surface area contributed by atoms with Gasteiger partial charge in [-0.05, 0) is 144 Å². The van der Waals surface area contributed by atoms with Crippen LogP contribution in [-0.2, 0) is 10.8 Å². The zero-order valence-electron chi connectivity index (χ0n) is 29.9. The smallest absolute Gasteiger partial charge is 0.0131 e. The molecular weight excluding hydrogens is 528 g/mol. The average Bonchev–Trinajstić information content (AvgIpc) is 3.56. The highest BCUT2D eigenvalue weighted by molar-refractivity contribution is 5.32. The molecule has 0 nitrogen and oxygen atoms in total. The van der Waals surface area contributed by atoms with Crippen LogP contribution in [0.25, 0.3) is 0 Å². The molecule has 4 fully saturated rings. The molecule has 10 unspecified atom stereocenters. The minimum absolute atomic E-state index is 0.240. The van der Waals surface area contributed by atoms with Gasteiger partial charge in [0.15, 0.2) is 0 Å². The minimum Gasteiger partial charge on any atom is -0.0651 e. The molecule has 0 N–H and O–H groups in total. The number of rotatable bonds is 7. The summed E-state index contributed by atoms with van der Waals surface area (Å²) in [5, 5.41) is 0. The molecule has 4 saturated carbocycles. The van der Waals surface area contributed by atoms with Crippen LogP contribution in [0.3, 0.4) is 0 Å². The molecule has 0 aromatic heterocycles. The number of hydrogen-bond acceptors (Lipinski definition) is 0. The Morgan fingerprint density at radius 1 is 0.500 bits per heavy atom. The summed E-state index contributed by atoms with van der Waals surface area (Å²) in [6, 6.07) is 19.8.